The van der Waals surface area contributed by atoms with Gasteiger partial charge >= 0.3 is 6.09 Å². The van der Waals surface area contributed by atoms with E-state index in [1.54, 1.807) is 19.1 Å². The number of carbonyl (C=O) groups is 2. The van der Waals surface area contributed by atoms with Crippen LogP contribution in [0, 0.1) is 17.0 Å². The van der Waals surface area contributed by atoms with Crippen LogP contribution in [-0.4, -0.2) is 30.1 Å². The van der Waals surface area contributed by atoms with Crippen LogP contribution in [0.15, 0.2) is 28.7 Å². The van der Waals surface area contributed by atoms with Gasteiger partial charge in [-0.15, -0.1) is 0 Å². The lowest BCUT2D eigenvalue weighted by atomic mass is 10.1. The van der Waals surface area contributed by atoms with E-state index in [-0.39, 0.29) is 35.7 Å². The summed E-state index contributed by atoms with van der Waals surface area (Å²) in [5, 5.41) is 14.6. The predicted octanol–water partition coefficient (Wildman–Crippen LogP) is 1.81. The Balaban J connectivity index is 2.36. The van der Waals surface area contributed by atoms with E-state index in [0.29, 0.717) is 11.1 Å². The SMILES string of the molecule is Cc1cc2c(NCC=CCOC(N)=O)c([N+](=O)[O-])cc(C(N)=O)c2o1. The van der Waals surface area contributed by atoms with E-state index in [9.17, 15) is 19.7 Å². The van der Waals surface area contributed by atoms with Crippen LogP contribution in [0.5, 0.6) is 0 Å². The van der Waals surface area contributed by atoms with Gasteiger partial charge in [-0.1, -0.05) is 6.08 Å². The van der Waals surface area contributed by atoms with Gasteiger partial charge in [0.05, 0.1) is 15.9 Å². The zero-order chi connectivity index (χ0) is 18.6. The summed E-state index contributed by atoms with van der Waals surface area (Å²) in [6.07, 6.45) is 2.23. The lowest BCUT2D eigenvalue weighted by molar-refractivity contribution is -0.383. The van der Waals surface area contributed by atoms with Crippen molar-refractivity contribution in [3.8, 4) is 0 Å². The number of primary amides is 2. The Morgan fingerprint density at radius 2 is 2.08 bits per heavy atom. The fraction of sp³-hybridized carbons (Fsp3) is 0.200. The topological polar surface area (TPSA) is 164 Å². The van der Waals surface area contributed by atoms with Gasteiger partial charge in [-0.2, -0.15) is 0 Å². The molecule has 1 aromatic carbocycles. The highest BCUT2D eigenvalue weighted by Crippen LogP contribution is 2.37. The molecule has 2 rings (SSSR count). The summed E-state index contributed by atoms with van der Waals surface area (Å²) >= 11 is 0. The molecule has 10 nitrogen and oxygen atoms in total. The molecule has 10 heteroatoms. The van der Waals surface area contributed by atoms with Gasteiger partial charge in [0.2, 0.25) is 0 Å². The van der Waals surface area contributed by atoms with Gasteiger partial charge < -0.3 is 25.9 Å². The summed E-state index contributed by atoms with van der Waals surface area (Å²) < 4.78 is 9.98. The summed E-state index contributed by atoms with van der Waals surface area (Å²) in [5.74, 6) is -0.344. The summed E-state index contributed by atoms with van der Waals surface area (Å²) in [6.45, 7) is 1.85. The third-order valence-electron chi connectivity index (χ3n) is 3.25. The van der Waals surface area contributed by atoms with Gasteiger partial charge in [0.15, 0.2) is 0 Å². The van der Waals surface area contributed by atoms with Crippen molar-refractivity contribution in [3.05, 3.63) is 45.7 Å². The van der Waals surface area contributed by atoms with Gasteiger partial charge in [0.25, 0.3) is 11.6 Å². The lowest BCUT2D eigenvalue weighted by Crippen LogP contribution is -2.13. The zero-order valence-corrected chi connectivity index (χ0v) is 13.3. The number of nitrogens with one attached hydrogen (secondary N) is 1. The minimum absolute atomic E-state index is 0.0139. The average molecular weight is 348 g/mol. The van der Waals surface area contributed by atoms with Crippen LogP contribution in [0.2, 0.25) is 0 Å². The molecule has 5 N–H and O–H groups in total. The second-order valence-corrected chi connectivity index (χ2v) is 5.02. The molecule has 2 amide bonds. The molecule has 132 valence electrons. The number of furan rings is 1. The van der Waals surface area contributed by atoms with Crippen LogP contribution in [0.3, 0.4) is 0 Å². The van der Waals surface area contributed by atoms with E-state index in [1.165, 1.54) is 6.08 Å². The first-order valence-electron chi connectivity index (χ1n) is 7.13. The summed E-state index contributed by atoms with van der Waals surface area (Å²) in [7, 11) is 0. The molecule has 25 heavy (non-hydrogen) atoms. The molecule has 0 bridgehead atoms. The molecular formula is C15H16N4O6. The first-order valence-corrected chi connectivity index (χ1v) is 7.13. The maximum Gasteiger partial charge on any atom is 0.404 e. The van der Waals surface area contributed by atoms with Crippen LogP contribution in [0.4, 0.5) is 16.2 Å². The van der Waals surface area contributed by atoms with E-state index in [2.05, 4.69) is 10.1 Å². The molecule has 2 aromatic rings. The molecule has 0 saturated heterocycles. The number of rotatable bonds is 7. The number of fused-ring (bicyclic) bond motifs is 1. The molecule has 0 spiro atoms. The number of nitrogens with zero attached hydrogens (tertiary/aromatic N) is 1. The number of nitro benzene ring substituents is 1. The maximum absolute atomic E-state index is 11.6. The third kappa shape index (κ3) is 4.05. The molecular weight excluding hydrogens is 332 g/mol. The first-order chi connectivity index (χ1) is 11.8. The molecule has 1 heterocycles. The minimum Gasteiger partial charge on any atom is -0.460 e. The smallest absolute Gasteiger partial charge is 0.404 e. The maximum atomic E-state index is 11.6. The van der Waals surface area contributed by atoms with E-state index in [0.717, 1.165) is 6.07 Å². The van der Waals surface area contributed by atoms with Crippen molar-refractivity contribution in [1.82, 2.24) is 0 Å². The number of nitro groups is 1. The molecule has 0 unspecified atom stereocenters. The van der Waals surface area contributed by atoms with Crippen LogP contribution in [-0.2, 0) is 4.74 Å². The number of anilines is 1. The summed E-state index contributed by atoms with van der Waals surface area (Å²) in [4.78, 5) is 32.7. The number of ether oxygens (including phenoxy) is 1. The largest absolute Gasteiger partial charge is 0.460 e. The number of aryl methyl sites for hydroxylation is 1. The van der Waals surface area contributed by atoms with Crippen molar-refractivity contribution in [3.63, 3.8) is 0 Å². The highest BCUT2D eigenvalue weighted by atomic mass is 16.6. The number of nitrogens with two attached hydrogens (primary N) is 2. The molecule has 0 aliphatic rings. The number of hydrogen-bond acceptors (Lipinski definition) is 7. The standard InChI is InChI=1S/C15H16N4O6/c1-8-6-9-12(18-4-2-3-5-24-15(17)21)11(19(22)23)7-10(14(16)20)13(9)25-8/h2-3,6-7,18H,4-5H2,1H3,(H2,16,20)(H2,17,21). The van der Waals surface area contributed by atoms with Crippen LogP contribution < -0.4 is 16.8 Å². The Labute approximate surface area is 141 Å². The van der Waals surface area contributed by atoms with Crippen molar-refractivity contribution < 1.29 is 23.7 Å². The number of hydrogen-bond donors (Lipinski definition) is 3. The van der Waals surface area contributed by atoms with Gasteiger partial charge in [0.1, 0.15) is 23.6 Å². The minimum atomic E-state index is -0.897. The van der Waals surface area contributed by atoms with Crippen molar-refractivity contribution in [1.29, 1.82) is 0 Å². The van der Waals surface area contributed by atoms with Gasteiger partial charge in [-0.25, -0.2) is 4.79 Å². The van der Waals surface area contributed by atoms with E-state index in [1.807, 2.05) is 0 Å². The number of amides is 2. The highest BCUT2D eigenvalue weighted by Gasteiger charge is 2.24. The fourth-order valence-corrected chi connectivity index (χ4v) is 2.27. The monoisotopic (exact) mass is 348 g/mol. The third-order valence-corrected chi connectivity index (χ3v) is 3.25. The number of carbonyl (C=O) groups excluding carboxylic acids is 2. The van der Waals surface area contributed by atoms with Crippen molar-refractivity contribution in [2.24, 2.45) is 11.5 Å². The fourth-order valence-electron chi connectivity index (χ4n) is 2.27. The van der Waals surface area contributed by atoms with Gasteiger partial charge in [-0.3, -0.25) is 14.9 Å². The Bertz CT molecular complexity index is 871. The highest BCUT2D eigenvalue weighted by molar-refractivity contribution is 6.10. The lowest BCUT2D eigenvalue weighted by Gasteiger charge is -2.08. The van der Waals surface area contributed by atoms with Crippen LogP contribution >= 0.6 is 0 Å². The van der Waals surface area contributed by atoms with Crippen molar-refractivity contribution >= 4 is 34.3 Å². The Hall–Kier alpha value is -3.56. The second kappa shape index (κ2) is 7.34. The van der Waals surface area contributed by atoms with Crippen LogP contribution in [0.1, 0.15) is 16.1 Å². The summed E-state index contributed by atoms with van der Waals surface area (Å²) in [6, 6.07) is 2.66. The van der Waals surface area contributed by atoms with E-state index < -0.39 is 16.9 Å². The second-order valence-electron chi connectivity index (χ2n) is 5.02. The molecule has 0 radical (unpaired) electrons. The average Bonchev–Trinajstić information content (AvgIpc) is 2.90. The molecule has 1 aromatic heterocycles. The van der Waals surface area contributed by atoms with E-state index >= 15 is 0 Å². The normalized spacial score (nSPS) is 10.9. The van der Waals surface area contributed by atoms with Gasteiger partial charge in [0, 0.05) is 12.6 Å². The Kier molecular flexibility index (Phi) is 5.22. The molecule has 0 saturated carbocycles. The van der Waals surface area contributed by atoms with Crippen molar-refractivity contribution in [2.45, 2.75) is 6.92 Å². The quantitative estimate of drug-likeness (QED) is 0.390. The van der Waals surface area contributed by atoms with E-state index in [4.69, 9.17) is 15.9 Å². The molecule has 0 aliphatic heterocycles. The van der Waals surface area contributed by atoms with Crippen molar-refractivity contribution in [2.75, 3.05) is 18.5 Å². The zero-order valence-electron chi connectivity index (χ0n) is 13.3. The summed E-state index contributed by atoms with van der Waals surface area (Å²) in [5.41, 5.74) is 10.1. The van der Waals surface area contributed by atoms with Gasteiger partial charge in [-0.05, 0) is 19.1 Å². The first kappa shape index (κ1) is 17.8. The van der Waals surface area contributed by atoms with Crippen LogP contribution in [0.25, 0.3) is 11.0 Å². The molecule has 0 fully saturated rings. The molecule has 0 atom stereocenters. The predicted molar refractivity (Wildman–Crippen MR) is 89.3 cm³/mol. The number of benzene rings is 1. The molecule has 0 aliphatic carbocycles. The Morgan fingerprint density at radius 1 is 1.36 bits per heavy atom. The Morgan fingerprint density at radius 3 is 2.68 bits per heavy atom.